The quantitative estimate of drug-likeness (QED) is 0.196. The number of furan rings is 2. The van der Waals surface area contributed by atoms with E-state index < -0.39 is 246 Å². The third-order valence-corrected chi connectivity index (χ3v) is 6.77. The number of fused-ring (bicyclic) bond motifs is 6. The average molecular weight is 605 g/mol. The van der Waals surface area contributed by atoms with Crippen LogP contribution < -0.4 is 4.90 Å². The molecule has 0 saturated heterocycles. The van der Waals surface area contributed by atoms with E-state index in [1.54, 1.807) is 0 Å². The smallest absolute Gasteiger partial charge is 0.144 e. The molecule has 0 spiro atoms. The summed E-state index contributed by atoms with van der Waals surface area (Å²) in [7, 11) is 0. The van der Waals surface area contributed by atoms with Crippen LogP contribution in [-0.4, -0.2) is 0 Å². The van der Waals surface area contributed by atoms with Crippen LogP contribution in [0.4, 0.5) is 17.1 Å². The molecular weight excluding hydrogens is 550 g/mol. The van der Waals surface area contributed by atoms with Crippen LogP contribution in [-0.2, 0) is 0 Å². The van der Waals surface area contributed by atoms with Gasteiger partial charge >= 0.3 is 0 Å². The molecule has 0 amide bonds. The lowest BCUT2D eigenvalue weighted by Gasteiger charge is -2.25. The van der Waals surface area contributed by atoms with E-state index in [1.807, 2.05) is 0 Å². The van der Waals surface area contributed by atoms with Gasteiger partial charge < -0.3 is 13.7 Å². The lowest BCUT2D eigenvalue weighted by atomic mass is 9.96. The van der Waals surface area contributed by atoms with E-state index in [0.717, 1.165) is 0 Å². The lowest BCUT2D eigenvalue weighted by molar-refractivity contribution is 0.664. The summed E-state index contributed by atoms with van der Waals surface area (Å²) >= 11 is 0. The summed E-state index contributed by atoms with van der Waals surface area (Å²) in [6, 6.07) is -25.9. The molecule has 2 heterocycles. The highest BCUT2D eigenvalue weighted by Gasteiger charge is 2.22. The average Bonchev–Trinajstić information content (AvgIpc) is 3.96. The molecule has 212 valence electrons. The monoisotopic (exact) mass is 604 g/mol. The number of nitrogens with zero attached hydrogens (tertiary/aromatic N) is 1. The van der Waals surface area contributed by atoms with Gasteiger partial charge in [0, 0.05) is 44.2 Å². The van der Waals surface area contributed by atoms with Gasteiger partial charge in [-0.1, -0.05) is 109 Å². The Labute approximate surface area is 298 Å². The molecule has 0 aliphatic rings. The number of hydrogen-bond donors (Lipinski definition) is 0. The van der Waals surface area contributed by atoms with Crippen LogP contribution in [0.2, 0.25) is 0 Å². The van der Waals surface area contributed by atoms with Crippen molar-refractivity contribution in [3.63, 3.8) is 0 Å². The minimum absolute atomic E-state index is 0.414. The minimum atomic E-state index is -1.18. The van der Waals surface area contributed by atoms with Gasteiger partial charge in [0.25, 0.3) is 0 Å². The van der Waals surface area contributed by atoms with Gasteiger partial charge in [-0.15, -0.1) is 0 Å². The summed E-state index contributed by atoms with van der Waals surface area (Å²) in [6.07, 6.45) is 0. The van der Waals surface area contributed by atoms with Gasteiger partial charge in [-0.05, 0) is 71.1 Å². The van der Waals surface area contributed by atoms with Crippen molar-refractivity contribution in [2.75, 3.05) is 4.90 Å². The summed E-state index contributed by atoms with van der Waals surface area (Å²) in [4.78, 5) is 0.414. The Morgan fingerprint density at radius 3 is 1.73 bits per heavy atom. The van der Waals surface area contributed by atoms with Crippen LogP contribution in [0, 0.1) is 0 Å². The van der Waals surface area contributed by atoms with Crippen molar-refractivity contribution in [1.82, 2.24) is 0 Å². The number of benzene rings is 7. The van der Waals surface area contributed by atoms with E-state index in [1.165, 1.54) is 0 Å². The number of anilines is 3. The molecular formula is C42H27NO2. The zero-order valence-corrected chi connectivity index (χ0v) is 22.3. The molecule has 2 aromatic heterocycles. The molecule has 0 atom stereocenters. The second-order valence-electron chi connectivity index (χ2n) is 9.28. The third-order valence-electron chi connectivity index (χ3n) is 6.77. The topological polar surface area (TPSA) is 29.5 Å². The fourth-order valence-corrected chi connectivity index (χ4v) is 4.91. The van der Waals surface area contributed by atoms with Crippen molar-refractivity contribution in [2.45, 2.75) is 0 Å². The SMILES string of the molecule is [2H]c1c([2H])c([2H])c(-c2c([2H])c([2H])c(N(c3c([2H])c([2H])c([2H])c([2H])c3[2H])c3c([2H])c([2H])c4oc5c(-c6c([2H])c([2H])c([2H])c([2H])c6[2H])c6c(oc7c([2H])c([2H])c([2H])c([2H])c76)c([2H])c5c4c3[2H])c([2H])c2[2H])c([2H])c1[2H]. The van der Waals surface area contributed by atoms with E-state index in [0.29, 0.717) is 4.90 Å². The molecule has 0 bridgehead atoms. The predicted octanol–water partition coefficient (Wildman–Crippen LogP) is 12.3. The molecule has 9 rings (SSSR count). The molecule has 0 unspecified atom stereocenters. The maximum Gasteiger partial charge on any atom is 0.144 e. The van der Waals surface area contributed by atoms with E-state index in [2.05, 4.69) is 0 Å². The van der Waals surface area contributed by atoms with Crippen molar-refractivity contribution in [2.24, 2.45) is 0 Å². The van der Waals surface area contributed by atoms with E-state index in [-0.39, 0.29) is 0 Å². The molecule has 3 heteroatoms. The highest BCUT2D eigenvalue weighted by molar-refractivity contribution is 6.23. The first-order chi connectivity index (χ1) is 33.6. The van der Waals surface area contributed by atoms with Crippen molar-refractivity contribution >= 4 is 60.9 Å². The second kappa shape index (κ2) is 10.3. The fraction of sp³-hybridized carbons (Fsp3) is 0. The molecule has 0 fully saturated rings. The summed E-state index contributed by atoms with van der Waals surface area (Å²) in [5.41, 5.74) is -8.48. The molecule has 0 N–H and O–H groups in total. The Balaban J connectivity index is 1.52. The molecule has 0 saturated carbocycles. The van der Waals surface area contributed by atoms with Gasteiger partial charge in [-0.2, -0.15) is 0 Å². The maximum absolute atomic E-state index is 9.87. The van der Waals surface area contributed by atoms with Crippen molar-refractivity contribution in [3.8, 4) is 22.3 Å². The predicted molar refractivity (Wildman–Crippen MR) is 187 cm³/mol. The zero-order chi connectivity index (χ0) is 53.2. The molecule has 9 aromatic rings. The fourth-order valence-electron chi connectivity index (χ4n) is 4.91. The van der Waals surface area contributed by atoms with E-state index in [4.69, 9.17) is 37.6 Å². The van der Waals surface area contributed by atoms with Gasteiger partial charge in [0.1, 0.15) is 22.3 Å². The summed E-state index contributed by atoms with van der Waals surface area (Å²) in [5, 5.41) is -2.12. The standard InChI is InChI=1S/C42H27NO2/c1-4-12-28(13-5-1)29-20-22-32(23-21-29)43(31-16-8-3-9-17-31)33-24-25-38-35(26-33)36-27-39-41(34-18-10-11-19-37(34)44-39)40(42(36)45-38)30-14-6-2-7-15-30/h1-27H/i1D,2D,3D,4D,5D,6D,7D,8D,9D,10D,11D,12D,13D,14D,15D,16D,17D,18D,19D,20D,21D,22D,23D,24D,25D,26D,27D. The molecule has 0 aliphatic heterocycles. The van der Waals surface area contributed by atoms with Crippen molar-refractivity contribution < 1.29 is 45.8 Å². The van der Waals surface area contributed by atoms with Crippen molar-refractivity contribution in [3.05, 3.63) is 163 Å². The molecule has 7 aromatic carbocycles. The van der Waals surface area contributed by atoms with Crippen LogP contribution in [0.25, 0.3) is 66.1 Å². The maximum atomic E-state index is 9.87. The number of para-hydroxylation sites is 2. The van der Waals surface area contributed by atoms with Gasteiger partial charge in [-0.25, -0.2) is 0 Å². The molecule has 45 heavy (non-hydrogen) atoms. The third kappa shape index (κ3) is 4.21. The summed E-state index contributed by atoms with van der Waals surface area (Å²) < 4.78 is 250. The molecule has 3 nitrogen and oxygen atoms in total. The first-order valence-electron chi connectivity index (χ1n) is 26.5. The Morgan fingerprint density at radius 1 is 0.400 bits per heavy atom. The van der Waals surface area contributed by atoms with Crippen LogP contribution in [0.5, 0.6) is 0 Å². The van der Waals surface area contributed by atoms with E-state index in [9.17, 15) is 8.22 Å². The largest absolute Gasteiger partial charge is 0.456 e. The Kier molecular flexibility index (Phi) is 2.34. The van der Waals surface area contributed by atoms with Gasteiger partial charge in [0.15, 0.2) is 0 Å². The van der Waals surface area contributed by atoms with Gasteiger partial charge in [0.05, 0.1) is 37.0 Å². The molecule has 0 radical (unpaired) electrons. The Hall–Kier alpha value is -6.06. The second-order valence-corrected chi connectivity index (χ2v) is 9.28. The zero-order valence-electron chi connectivity index (χ0n) is 49.3. The summed E-state index contributed by atoms with van der Waals surface area (Å²) in [5.74, 6) is 0. The van der Waals surface area contributed by atoms with Crippen LogP contribution in [0.3, 0.4) is 0 Å². The van der Waals surface area contributed by atoms with Gasteiger partial charge in [-0.3, -0.25) is 0 Å². The first-order valence-corrected chi connectivity index (χ1v) is 13.0. The normalized spacial score (nSPS) is 20.0. The molecule has 0 aliphatic carbocycles. The van der Waals surface area contributed by atoms with E-state index >= 15 is 0 Å². The van der Waals surface area contributed by atoms with Crippen LogP contribution >= 0.6 is 0 Å². The minimum Gasteiger partial charge on any atom is -0.456 e. The summed E-state index contributed by atoms with van der Waals surface area (Å²) in [6.45, 7) is 0. The Morgan fingerprint density at radius 2 is 0.978 bits per heavy atom. The highest BCUT2D eigenvalue weighted by Crippen LogP contribution is 2.46. The highest BCUT2D eigenvalue weighted by atomic mass is 16.3. The number of rotatable bonds is 5. The van der Waals surface area contributed by atoms with Crippen LogP contribution in [0.15, 0.2) is 172 Å². The first kappa shape index (κ1) is 10.3. The van der Waals surface area contributed by atoms with Gasteiger partial charge in [0.2, 0.25) is 0 Å². The van der Waals surface area contributed by atoms with Crippen LogP contribution in [0.1, 0.15) is 37.0 Å². The number of hydrogen-bond acceptors (Lipinski definition) is 3. The Bertz CT molecular complexity index is 3910. The lowest BCUT2D eigenvalue weighted by Crippen LogP contribution is -2.09. The van der Waals surface area contributed by atoms with Crippen molar-refractivity contribution in [1.29, 1.82) is 0 Å².